The number of carbonyl (C=O) groups excluding carboxylic acids is 3. The van der Waals surface area contributed by atoms with E-state index in [2.05, 4.69) is 20.4 Å². The number of methoxy groups -OCH3 is 1. The van der Waals surface area contributed by atoms with Gasteiger partial charge in [-0.3, -0.25) is 24.3 Å². The van der Waals surface area contributed by atoms with Gasteiger partial charge in [0, 0.05) is 30.5 Å². The summed E-state index contributed by atoms with van der Waals surface area (Å²) in [6, 6.07) is 18.6. The molecule has 3 rings (SSSR count). The highest BCUT2D eigenvalue weighted by Crippen LogP contribution is 2.26. The Morgan fingerprint density at radius 3 is 2.53 bits per heavy atom. The number of carbonyl (C=O) groups is 3. The van der Waals surface area contributed by atoms with E-state index in [9.17, 15) is 14.4 Å². The van der Waals surface area contributed by atoms with Crippen LogP contribution < -0.4 is 15.5 Å². The fourth-order valence-electron chi connectivity index (χ4n) is 3.51. The SMILES string of the molecule is COC(=O)CCCC(=O)N(C(=S)NC(C)NC(=O)/C=C/c1ccccc1)c1cccc2cccnc12. The molecule has 0 aliphatic carbocycles. The van der Waals surface area contributed by atoms with E-state index in [-0.39, 0.29) is 35.7 Å². The van der Waals surface area contributed by atoms with E-state index in [0.717, 1.165) is 10.9 Å². The summed E-state index contributed by atoms with van der Waals surface area (Å²) in [6.07, 6.45) is 4.70. The van der Waals surface area contributed by atoms with Gasteiger partial charge >= 0.3 is 5.97 Å². The average Bonchev–Trinajstić information content (AvgIpc) is 2.88. The Balaban J connectivity index is 1.75. The quantitative estimate of drug-likeness (QED) is 0.197. The molecule has 186 valence electrons. The summed E-state index contributed by atoms with van der Waals surface area (Å²) in [6.45, 7) is 1.72. The highest BCUT2D eigenvalue weighted by Gasteiger charge is 2.24. The van der Waals surface area contributed by atoms with Gasteiger partial charge in [-0.25, -0.2) is 0 Å². The van der Waals surface area contributed by atoms with Gasteiger partial charge in [0.25, 0.3) is 0 Å². The van der Waals surface area contributed by atoms with E-state index in [1.165, 1.54) is 18.1 Å². The third-order valence-corrected chi connectivity index (χ3v) is 5.53. The molecule has 9 heteroatoms. The molecule has 2 amide bonds. The number of thiocarbonyl (C=S) groups is 1. The van der Waals surface area contributed by atoms with E-state index >= 15 is 0 Å². The third kappa shape index (κ3) is 7.44. The minimum absolute atomic E-state index is 0.0701. The van der Waals surface area contributed by atoms with Gasteiger partial charge in [0.2, 0.25) is 11.8 Å². The first-order valence-electron chi connectivity index (χ1n) is 11.5. The van der Waals surface area contributed by atoms with Crippen LogP contribution in [0.2, 0.25) is 0 Å². The molecule has 1 aromatic heterocycles. The Morgan fingerprint density at radius 1 is 1.03 bits per heavy atom. The van der Waals surface area contributed by atoms with E-state index < -0.39 is 6.17 Å². The molecule has 0 aliphatic rings. The first-order valence-corrected chi connectivity index (χ1v) is 11.9. The topological polar surface area (TPSA) is 101 Å². The Hall–Kier alpha value is -4.11. The van der Waals surface area contributed by atoms with E-state index in [1.807, 2.05) is 54.6 Å². The number of nitrogens with zero attached hydrogens (tertiary/aromatic N) is 2. The Morgan fingerprint density at radius 2 is 1.78 bits per heavy atom. The molecule has 1 atom stereocenters. The fraction of sp³-hybridized carbons (Fsp3) is 0.222. The Bertz CT molecular complexity index is 1260. The van der Waals surface area contributed by atoms with E-state index in [4.69, 9.17) is 12.2 Å². The summed E-state index contributed by atoms with van der Waals surface area (Å²) in [5.74, 6) is -1.01. The van der Waals surface area contributed by atoms with E-state index in [0.29, 0.717) is 17.6 Å². The van der Waals surface area contributed by atoms with Crippen molar-refractivity contribution in [1.29, 1.82) is 0 Å². The summed E-state index contributed by atoms with van der Waals surface area (Å²) in [4.78, 5) is 43.0. The second kappa shape index (κ2) is 13.1. The van der Waals surface area contributed by atoms with Gasteiger partial charge in [-0.1, -0.05) is 48.5 Å². The number of rotatable bonds is 9. The number of pyridine rings is 1. The molecular formula is C27H28N4O4S. The normalized spacial score (nSPS) is 11.6. The van der Waals surface area contributed by atoms with Crippen LogP contribution in [-0.2, 0) is 19.1 Å². The Kier molecular flexibility index (Phi) is 9.64. The molecule has 1 unspecified atom stereocenters. The van der Waals surface area contributed by atoms with Crippen molar-refractivity contribution in [3.05, 3.63) is 78.5 Å². The van der Waals surface area contributed by atoms with E-state index in [1.54, 1.807) is 25.3 Å². The highest BCUT2D eigenvalue weighted by molar-refractivity contribution is 7.80. The molecule has 2 aromatic carbocycles. The van der Waals surface area contributed by atoms with Crippen molar-refractivity contribution in [1.82, 2.24) is 15.6 Å². The zero-order valence-electron chi connectivity index (χ0n) is 20.1. The minimum Gasteiger partial charge on any atom is -0.469 e. The zero-order valence-corrected chi connectivity index (χ0v) is 21.0. The van der Waals surface area contributed by atoms with Crippen molar-refractivity contribution in [2.75, 3.05) is 12.0 Å². The average molecular weight is 505 g/mol. The lowest BCUT2D eigenvalue weighted by Gasteiger charge is -2.27. The maximum absolute atomic E-state index is 13.3. The van der Waals surface area contributed by atoms with Gasteiger partial charge in [-0.05, 0) is 49.3 Å². The molecule has 0 bridgehead atoms. The maximum Gasteiger partial charge on any atom is 0.305 e. The molecule has 3 aromatic rings. The molecule has 0 saturated carbocycles. The Labute approximate surface area is 215 Å². The largest absolute Gasteiger partial charge is 0.469 e. The molecule has 36 heavy (non-hydrogen) atoms. The van der Waals surface area contributed by atoms with Gasteiger partial charge in [0.05, 0.1) is 24.5 Å². The fourth-order valence-corrected chi connectivity index (χ4v) is 3.88. The number of esters is 1. The lowest BCUT2D eigenvalue weighted by atomic mass is 10.1. The third-order valence-electron chi connectivity index (χ3n) is 5.23. The van der Waals surface area contributed by atoms with Crippen molar-refractivity contribution in [3.8, 4) is 0 Å². The van der Waals surface area contributed by atoms with Gasteiger partial charge < -0.3 is 15.4 Å². The predicted molar refractivity (Wildman–Crippen MR) is 144 cm³/mol. The summed E-state index contributed by atoms with van der Waals surface area (Å²) < 4.78 is 4.66. The lowest BCUT2D eigenvalue weighted by Crippen LogP contribution is -2.52. The molecule has 1 heterocycles. The van der Waals surface area contributed by atoms with Crippen molar-refractivity contribution < 1.29 is 19.1 Å². The summed E-state index contributed by atoms with van der Waals surface area (Å²) in [5.41, 5.74) is 2.01. The molecule has 0 fully saturated rings. The number of para-hydroxylation sites is 1. The molecular weight excluding hydrogens is 476 g/mol. The second-order valence-electron chi connectivity index (χ2n) is 7.93. The monoisotopic (exact) mass is 504 g/mol. The van der Waals surface area contributed by atoms with Crippen LogP contribution >= 0.6 is 12.2 Å². The van der Waals surface area contributed by atoms with Crippen molar-refractivity contribution in [2.24, 2.45) is 0 Å². The van der Waals surface area contributed by atoms with Crippen molar-refractivity contribution >= 4 is 57.8 Å². The van der Waals surface area contributed by atoms with Gasteiger partial charge in [0.15, 0.2) is 5.11 Å². The summed E-state index contributed by atoms with van der Waals surface area (Å²) in [7, 11) is 1.31. The smallest absolute Gasteiger partial charge is 0.305 e. The second-order valence-corrected chi connectivity index (χ2v) is 8.32. The van der Waals surface area contributed by atoms with Crippen LogP contribution in [0.25, 0.3) is 17.0 Å². The maximum atomic E-state index is 13.3. The number of hydrogen-bond acceptors (Lipinski definition) is 6. The standard InChI is InChI=1S/C27H28N4O4S/c1-19(29-23(32)17-16-20-9-4-3-5-10-20)30-27(36)31(24(33)14-7-15-25(34)35-2)22-13-6-11-21-12-8-18-28-26(21)22/h3-6,8-13,16-19H,7,14-15H2,1-2H3,(H,29,32)(H,30,36)/b17-16+. The van der Waals surface area contributed by atoms with Crippen LogP contribution in [0, 0.1) is 0 Å². The molecule has 8 nitrogen and oxygen atoms in total. The van der Waals surface area contributed by atoms with Crippen molar-refractivity contribution in [3.63, 3.8) is 0 Å². The first kappa shape index (κ1) is 26.5. The van der Waals surface area contributed by atoms with Gasteiger partial charge in [-0.2, -0.15) is 0 Å². The number of fused-ring (bicyclic) bond motifs is 1. The van der Waals surface area contributed by atoms with Crippen molar-refractivity contribution in [2.45, 2.75) is 32.4 Å². The molecule has 2 N–H and O–H groups in total. The molecule has 0 spiro atoms. The molecule has 0 saturated heterocycles. The number of aromatic nitrogens is 1. The number of amides is 2. The summed E-state index contributed by atoms with van der Waals surface area (Å²) >= 11 is 5.60. The number of ether oxygens (including phenoxy) is 1. The number of anilines is 1. The number of benzene rings is 2. The first-order chi connectivity index (χ1) is 17.4. The van der Waals surface area contributed by atoms with Crippen LogP contribution in [0.5, 0.6) is 0 Å². The van der Waals surface area contributed by atoms with Crippen LogP contribution in [-0.4, -0.2) is 41.2 Å². The van der Waals surface area contributed by atoms with Crippen LogP contribution in [0.1, 0.15) is 31.7 Å². The minimum atomic E-state index is -0.571. The predicted octanol–water partition coefficient (Wildman–Crippen LogP) is 3.96. The van der Waals surface area contributed by atoms with Crippen LogP contribution in [0.15, 0.2) is 72.9 Å². The lowest BCUT2D eigenvalue weighted by molar-refractivity contribution is -0.140. The highest BCUT2D eigenvalue weighted by atomic mass is 32.1. The van der Waals surface area contributed by atoms with Crippen LogP contribution in [0.4, 0.5) is 5.69 Å². The number of nitrogens with one attached hydrogen (secondary N) is 2. The van der Waals surface area contributed by atoms with Gasteiger partial charge in [0.1, 0.15) is 0 Å². The number of hydrogen-bond donors (Lipinski definition) is 2. The van der Waals surface area contributed by atoms with Gasteiger partial charge in [-0.15, -0.1) is 0 Å². The summed E-state index contributed by atoms with van der Waals surface area (Å²) in [5, 5.41) is 6.76. The van der Waals surface area contributed by atoms with Crippen LogP contribution in [0.3, 0.4) is 0 Å². The molecule has 0 aliphatic heterocycles. The molecule has 0 radical (unpaired) electrons. The zero-order chi connectivity index (χ0) is 25.9.